The lowest BCUT2D eigenvalue weighted by molar-refractivity contribution is -0.127. The lowest BCUT2D eigenvalue weighted by Gasteiger charge is -2.26. The highest BCUT2D eigenvalue weighted by molar-refractivity contribution is 5.87. The average Bonchev–Trinajstić information content (AvgIpc) is 2.53. The number of ether oxygens (including phenoxy) is 1. The van der Waals surface area contributed by atoms with E-state index in [0.717, 1.165) is 31.6 Å². The van der Waals surface area contributed by atoms with Gasteiger partial charge in [0.15, 0.2) is 0 Å². The predicted molar refractivity (Wildman–Crippen MR) is 78.0 cm³/mol. The average molecular weight is 291 g/mol. The fourth-order valence-electron chi connectivity index (χ4n) is 2.55. The third kappa shape index (κ3) is 4.29. The number of carboxylic acid groups (broad SMARTS) is 1. The number of hydrogen-bond donors (Lipinski definition) is 2. The van der Waals surface area contributed by atoms with E-state index in [4.69, 9.17) is 9.84 Å². The van der Waals surface area contributed by atoms with Gasteiger partial charge in [-0.15, -0.1) is 0 Å². The van der Waals surface area contributed by atoms with Crippen molar-refractivity contribution in [3.05, 3.63) is 35.4 Å². The zero-order chi connectivity index (χ0) is 15.2. The number of amides is 1. The molecule has 1 fully saturated rings. The third-order valence-corrected chi connectivity index (χ3v) is 4.05. The number of rotatable bonds is 5. The van der Waals surface area contributed by atoms with Crippen LogP contribution in [-0.4, -0.2) is 30.2 Å². The smallest absolute Gasteiger partial charge is 0.335 e. The molecule has 1 aliphatic heterocycles. The van der Waals surface area contributed by atoms with Crippen molar-refractivity contribution in [1.82, 2.24) is 5.32 Å². The summed E-state index contributed by atoms with van der Waals surface area (Å²) in [5.74, 6) is -0.539. The molecule has 0 aromatic heterocycles. The van der Waals surface area contributed by atoms with Gasteiger partial charge in [0, 0.05) is 25.7 Å². The zero-order valence-electron chi connectivity index (χ0n) is 12.2. The zero-order valence-corrected chi connectivity index (χ0v) is 12.2. The fraction of sp³-hybridized carbons (Fsp3) is 0.500. The molecule has 2 N–H and O–H groups in total. The lowest BCUT2D eigenvalue weighted by atomic mass is 9.87. The number of carbonyl (C=O) groups is 2. The van der Waals surface area contributed by atoms with Crippen LogP contribution < -0.4 is 5.32 Å². The van der Waals surface area contributed by atoms with E-state index in [0.29, 0.717) is 12.5 Å². The molecule has 114 valence electrons. The van der Waals surface area contributed by atoms with Crippen molar-refractivity contribution in [1.29, 1.82) is 0 Å². The van der Waals surface area contributed by atoms with Gasteiger partial charge in [0.05, 0.1) is 5.56 Å². The summed E-state index contributed by atoms with van der Waals surface area (Å²) in [6.45, 7) is 3.85. The Kier molecular flexibility index (Phi) is 5.33. The van der Waals surface area contributed by atoms with Gasteiger partial charge in [-0.1, -0.05) is 19.1 Å². The van der Waals surface area contributed by atoms with Crippen LogP contribution in [0.5, 0.6) is 0 Å². The van der Waals surface area contributed by atoms with Crippen LogP contribution in [0, 0.1) is 11.8 Å². The van der Waals surface area contributed by atoms with Gasteiger partial charge in [0.1, 0.15) is 0 Å². The summed E-state index contributed by atoms with van der Waals surface area (Å²) >= 11 is 0. The topological polar surface area (TPSA) is 75.6 Å². The van der Waals surface area contributed by atoms with Crippen LogP contribution in [0.25, 0.3) is 0 Å². The normalized spacial score (nSPS) is 17.2. The van der Waals surface area contributed by atoms with Gasteiger partial charge in [-0.25, -0.2) is 4.79 Å². The second-order valence-electron chi connectivity index (χ2n) is 5.46. The van der Waals surface area contributed by atoms with Crippen molar-refractivity contribution >= 4 is 11.9 Å². The largest absolute Gasteiger partial charge is 0.478 e. The van der Waals surface area contributed by atoms with E-state index in [2.05, 4.69) is 5.32 Å². The van der Waals surface area contributed by atoms with Gasteiger partial charge >= 0.3 is 5.97 Å². The van der Waals surface area contributed by atoms with Crippen LogP contribution in [0.15, 0.2) is 24.3 Å². The number of carbonyl (C=O) groups excluding carboxylic acids is 1. The molecule has 1 atom stereocenters. The third-order valence-electron chi connectivity index (χ3n) is 4.05. The molecule has 1 aromatic carbocycles. The van der Waals surface area contributed by atoms with E-state index in [1.165, 1.54) is 0 Å². The van der Waals surface area contributed by atoms with Crippen molar-refractivity contribution in [3.8, 4) is 0 Å². The minimum atomic E-state index is -0.946. The van der Waals surface area contributed by atoms with Crippen LogP contribution in [0.3, 0.4) is 0 Å². The molecule has 0 bridgehead atoms. The molecule has 1 unspecified atom stereocenters. The Bertz CT molecular complexity index is 492. The summed E-state index contributed by atoms with van der Waals surface area (Å²) in [5.41, 5.74) is 1.15. The minimum absolute atomic E-state index is 0.0211. The summed E-state index contributed by atoms with van der Waals surface area (Å²) in [6, 6.07) is 6.54. The molecule has 1 aliphatic rings. The molecule has 1 saturated heterocycles. The molecule has 1 heterocycles. The van der Waals surface area contributed by atoms with Gasteiger partial charge in [-0.05, 0) is 36.5 Å². The van der Waals surface area contributed by atoms with E-state index >= 15 is 0 Å². The van der Waals surface area contributed by atoms with Crippen LogP contribution in [-0.2, 0) is 16.1 Å². The lowest BCUT2D eigenvalue weighted by Crippen LogP contribution is -2.35. The molecule has 0 aliphatic carbocycles. The number of nitrogens with one attached hydrogen (secondary N) is 1. The maximum atomic E-state index is 12.1. The quantitative estimate of drug-likeness (QED) is 0.870. The van der Waals surface area contributed by atoms with Crippen molar-refractivity contribution in [2.45, 2.75) is 26.3 Å². The highest BCUT2D eigenvalue weighted by atomic mass is 16.5. The molecule has 5 heteroatoms. The first-order chi connectivity index (χ1) is 10.1. The van der Waals surface area contributed by atoms with Crippen LogP contribution in [0.4, 0.5) is 0 Å². The van der Waals surface area contributed by atoms with Gasteiger partial charge in [0.2, 0.25) is 5.91 Å². The molecule has 1 amide bonds. The number of hydrogen-bond acceptors (Lipinski definition) is 3. The summed E-state index contributed by atoms with van der Waals surface area (Å²) in [7, 11) is 0. The molecule has 21 heavy (non-hydrogen) atoms. The van der Waals surface area contributed by atoms with Gasteiger partial charge in [0.25, 0.3) is 0 Å². The standard InChI is InChI=1S/C16H21NO4/c1-11(13-6-8-21-9-7-13)15(18)17-10-12-2-4-14(5-3-12)16(19)20/h2-5,11,13H,6-10H2,1H3,(H,17,18)(H,19,20). The van der Waals surface area contributed by atoms with E-state index < -0.39 is 5.97 Å². The Labute approximate surface area is 124 Å². The summed E-state index contributed by atoms with van der Waals surface area (Å²) in [6.07, 6.45) is 1.86. The van der Waals surface area contributed by atoms with E-state index in [-0.39, 0.29) is 17.4 Å². The maximum Gasteiger partial charge on any atom is 0.335 e. The monoisotopic (exact) mass is 291 g/mol. The molecule has 5 nitrogen and oxygen atoms in total. The molecule has 1 aromatic rings. The molecule has 0 spiro atoms. The number of aromatic carboxylic acids is 1. The number of benzene rings is 1. The Balaban J connectivity index is 1.83. The summed E-state index contributed by atoms with van der Waals surface area (Å²) in [4.78, 5) is 22.9. The molecule has 0 radical (unpaired) electrons. The first kappa shape index (κ1) is 15.5. The molecule has 2 rings (SSSR count). The van der Waals surface area contributed by atoms with Crippen LogP contribution in [0.1, 0.15) is 35.7 Å². The predicted octanol–water partition coefficient (Wildman–Crippen LogP) is 2.06. The van der Waals surface area contributed by atoms with E-state index in [1.54, 1.807) is 24.3 Å². The van der Waals surface area contributed by atoms with E-state index in [9.17, 15) is 9.59 Å². The fourth-order valence-corrected chi connectivity index (χ4v) is 2.55. The Morgan fingerprint density at radius 2 is 1.90 bits per heavy atom. The molecule has 0 saturated carbocycles. The SMILES string of the molecule is CC(C(=O)NCc1ccc(C(=O)O)cc1)C1CCOCC1. The Morgan fingerprint density at radius 3 is 2.48 bits per heavy atom. The first-order valence-corrected chi connectivity index (χ1v) is 7.25. The van der Waals surface area contributed by atoms with Crippen LogP contribution >= 0.6 is 0 Å². The number of carboxylic acids is 1. The van der Waals surface area contributed by atoms with E-state index in [1.807, 2.05) is 6.92 Å². The first-order valence-electron chi connectivity index (χ1n) is 7.25. The highest BCUT2D eigenvalue weighted by Crippen LogP contribution is 2.23. The molecular weight excluding hydrogens is 270 g/mol. The van der Waals surface area contributed by atoms with Gasteiger partial charge in [-0.3, -0.25) is 4.79 Å². The Morgan fingerprint density at radius 1 is 1.29 bits per heavy atom. The van der Waals surface area contributed by atoms with Crippen molar-refractivity contribution in [2.24, 2.45) is 11.8 Å². The summed E-state index contributed by atoms with van der Waals surface area (Å²) < 4.78 is 5.31. The minimum Gasteiger partial charge on any atom is -0.478 e. The van der Waals surface area contributed by atoms with Gasteiger partial charge < -0.3 is 15.2 Å². The molecular formula is C16H21NO4. The second-order valence-corrected chi connectivity index (χ2v) is 5.46. The summed E-state index contributed by atoms with van der Waals surface area (Å²) in [5, 5.41) is 11.7. The highest BCUT2D eigenvalue weighted by Gasteiger charge is 2.25. The van der Waals surface area contributed by atoms with Crippen molar-refractivity contribution in [3.63, 3.8) is 0 Å². The van der Waals surface area contributed by atoms with Crippen molar-refractivity contribution < 1.29 is 19.4 Å². The Hall–Kier alpha value is -1.88. The van der Waals surface area contributed by atoms with Crippen LogP contribution in [0.2, 0.25) is 0 Å². The maximum absolute atomic E-state index is 12.1. The second kappa shape index (κ2) is 7.22. The van der Waals surface area contributed by atoms with Gasteiger partial charge in [-0.2, -0.15) is 0 Å². The van der Waals surface area contributed by atoms with Crippen molar-refractivity contribution in [2.75, 3.05) is 13.2 Å².